The number of thioether (sulfide) groups is 1. The lowest BCUT2D eigenvalue weighted by atomic mass is 10.1. The fourth-order valence-corrected chi connectivity index (χ4v) is 3.76. The Hall–Kier alpha value is -0.900. The third kappa shape index (κ3) is 1.96. The van der Waals surface area contributed by atoms with E-state index < -0.39 is 0 Å². The van der Waals surface area contributed by atoms with Crippen molar-refractivity contribution in [2.24, 2.45) is 0 Å². The molecule has 1 amide bonds. The van der Waals surface area contributed by atoms with Crippen molar-refractivity contribution in [3.05, 3.63) is 23.0 Å². The molecule has 0 bridgehead atoms. The van der Waals surface area contributed by atoms with Gasteiger partial charge in [-0.25, -0.2) is 0 Å². The predicted octanol–water partition coefficient (Wildman–Crippen LogP) is 2.88. The Balaban J connectivity index is 1.76. The van der Waals surface area contributed by atoms with Crippen LogP contribution >= 0.6 is 11.8 Å². The van der Waals surface area contributed by atoms with Crippen LogP contribution in [0.15, 0.2) is 6.07 Å². The molecular weight excluding hydrogens is 244 g/mol. The van der Waals surface area contributed by atoms with E-state index >= 15 is 0 Å². The molecule has 0 aliphatic carbocycles. The van der Waals surface area contributed by atoms with Crippen LogP contribution in [0.3, 0.4) is 0 Å². The number of hydrogen-bond acceptors (Lipinski definition) is 2. The van der Waals surface area contributed by atoms with E-state index in [1.54, 1.807) is 0 Å². The van der Waals surface area contributed by atoms with Crippen LogP contribution in [-0.2, 0) is 19.5 Å². The van der Waals surface area contributed by atoms with E-state index in [9.17, 15) is 4.79 Å². The number of carbonyl (C=O) groups excluding carboxylic acids is 1. The maximum Gasteiger partial charge on any atom is 0.256 e. The summed E-state index contributed by atoms with van der Waals surface area (Å²) in [5.41, 5.74) is 3.62. The number of nitrogens with zero attached hydrogens (tertiary/aromatic N) is 2. The molecule has 4 heteroatoms. The van der Waals surface area contributed by atoms with Crippen LogP contribution < -0.4 is 0 Å². The fourth-order valence-electron chi connectivity index (χ4n) is 2.91. The van der Waals surface area contributed by atoms with Gasteiger partial charge in [0.05, 0.1) is 23.7 Å². The zero-order valence-corrected chi connectivity index (χ0v) is 11.8. The van der Waals surface area contributed by atoms with E-state index in [4.69, 9.17) is 0 Å². The quantitative estimate of drug-likeness (QED) is 0.781. The Morgan fingerprint density at radius 1 is 1.39 bits per heavy atom. The second-order valence-electron chi connectivity index (χ2n) is 5.15. The smallest absolute Gasteiger partial charge is 0.256 e. The van der Waals surface area contributed by atoms with Crippen LogP contribution in [0.25, 0.3) is 0 Å². The standard InChI is InChI=1S/C14H20N2OS/c1-2-7-18-10-15-9-13-12(14(15)17)8-11-5-3-4-6-16(11)13/h8H,2-7,9-10H2,1H3. The summed E-state index contributed by atoms with van der Waals surface area (Å²) in [6.07, 6.45) is 4.85. The number of aryl methyl sites for hydroxylation is 1. The average Bonchev–Trinajstić information content (AvgIpc) is 2.89. The number of fused-ring (bicyclic) bond motifs is 3. The Labute approximate surface area is 113 Å². The lowest BCUT2D eigenvalue weighted by Crippen LogP contribution is -2.24. The van der Waals surface area contributed by atoms with Crippen LogP contribution in [-0.4, -0.2) is 27.0 Å². The van der Waals surface area contributed by atoms with Crippen LogP contribution in [0.4, 0.5) is 0 Å². The van der Waals surface area contributed by atoms with E-state index in [1.165, 1.54) is 30.7 Å². The van der Waals surface area contributed by atoms with Gasteiger partial charge in [-0.3, -0.25) is 4.79 Å². The minimum Gasteiger partial charge on any atom is -0.346 e. The largest absolute Gasteiger partial charge is 0.346 e. The van der Waals surface area contributed by atoms with Gasteiger partial charge in [0, 0.05) is 12.2 Å². The van der Waals surface area contributed by atoms with E-state index in [0.717, 1.165) is 36.7 Å². The topological polar surface area (TPSA) is 25.2 Å². The molecule has 98 valence electrons. The van der Waals surface area contributed by atoms with E-state index in [1.807, 2.05) is 16.7 Å². The molecule has 0 radical (unpaired) electrons. The first-order chi connectivity index (χ1) is 8.81. The SMILES string of the molecule is CCCSCN1Cc2c(cc3n2CCCC3)C1=O. The van der Waals surface area contributed by atoms with Crippen molar-refractivity contribution in [1.29, 1.82) is 0 Å². The number of rotatable bonds is 4. The van der Waals surface area contributed by atoms with E-state index in [0.29, 0.717) is 0 Å². The van der Waals surface area contributed by atoms with Gasteiger partial charge in [0.15, 0.2) is 0 Å². The lowest BCUT2D eigenvalue weighted by Gasteiger charge is -2.20. The van der Waals surface area contributed by atoms with Gasteiger partial charge < -0.3 is 9.47 Å². The molecule has 2 aliphatic rings. The number of carbonyl (C=O) groups is 1. The summed E-state index contributed by atoms with van der Waals surface area (Å²) >= 11 is 1.86. The van der Waals surface area contributed by atoms with Gasteiger partial charge in [0.1, 0.15) is 0 Å². The molecule has 0 atom stereocenters. The molecule has 0 spiro atoms. The summed E-state index contributed by atoms with van der Waals surface area (Å²) in [5, 5.41) is 0. The molecule has 0 fully saturated rings. The van der Waals surface area contributed by atoms with E-state index in [-0.39, 0.29) is 5.91 Å². The summed E-state index contributed by atoms with van der Waals surface area (Å²) in [6, 6.07) is 2.14. The molecular formula is C14H20N2OS. The highest BCUT2D eigenvalue weighted by Gasteiger charge is 2.32. The minimum absolute atomic E-state index is 0.246. The molecule has 18 heavy (non-hydrogen) atoms. The monoisotopic (exact) mass is 264 g/mol. The van der Waals surface area contributed by atoms with Crippen molar-refractivity contribution in [1.82, 2.24) is 9.47 Å². The third-order valence-corrected chi connectivity index (χ3v) is 5.00. The van der Waals surface area contributed by atoms with Gasteiger partial charge in [0.2, 0.25) is 0 Å². The Morgan fingerprint density at radius 2 is 2.28 bits per heavy atom. The fraction of sp³-hybridized carbons (Fsp3) is 0.643. The second kappa shape index (κ2) is 5.00. The van der Waals surface area contributed by atoms with Crippen LogP contribution in [0.1, 0.15) is 47.9 Å². The van der Waals surface area contributed by atoms with Gasteiger partial charge >= 0.3 is 0 Å². The number of hydrogen-bond donors (Lipinski definition) is 0. The van der Waals surface area contributed by atoms with Crippen molar-refractivity contribution in [3.63, 3.8) is 0 Å². The van der Waals surface area contributed by atoms with Crippen LogP contribution in [0, 0.1) is 0 Å². The summed E-state index contributed by atoms with van der Waals surface area (Å²) in [5.74, 6) is 2.23. The Morgan fingerprint density at radius 3 is 3.11 bits per heavy atom. The zero-order valence-electron chi connectivity index (χ0n) is 10.9. The number of amides is 1. The van der Waals surface area contributed by atoms with Gasteiger partial charge in [-0.15, -0.1) is 11.8 Å². The maximum absolute atomic E-state index is 12.3. The first-order valence-electron chi connectivity index (χ1n) is 6.89. The lowest BCUT2D eigenvalue weighted by molar-refractivity contribution is 0.0806. The van der Waals surface area contributed by atoms with Crippen molar-refractivity contribution in [2.75, 3.05) is 11.6 Å². The van der Waals surface area contributed by atoms with E-state index in [2.05, 4.69) is 17.6 Å². The van der Waals surface area contributed by atoms with Crippen LogP contribution in [0.5, 0.6) is 0 Å². The molecule has 0 unspecified atom stereocenters. The molecule has 0 saturated heterocycles. The second-order valence-corrected chi connectivity index (χ2v) is 6.22. The minimum atomic E-state index is 0.246. The highest BCUT2D eigenvalue weighted by Crippen LogP contribution is 2.30. The predicted molar refractivity (Wildman–Crippen MR) is 74.9 cm³/mol. The first-order valence-corrected chi connectivity index (χ1v) is 8.05. The molecule has 3 heterocycles. The molecule has 0 N–H and O–H groups in total. The molecule has 0 saturated carbocycles. The average molecular weight is 264 g/mol. The number of aromatic nitrogens is 1. The Bertz CT molecular complexity index is 467. The summed E-state index contributed by atoms with van der Waals surface area (Å²) in [6.45, 7) is 4.11. The molecule has 1 aromatic heterocycles. The summed E-state index contributed by atoms with van der Waals surface area (Å²) in [7, 11) is 0. The van der Waals surface area contributed by atoms with Gasteiger partial charge in [-0.2, -0.15) is 0 Å². The van der Waals surface area contributed by atoms with Crippen molar-refractivity contribution in [3.8, 4) is 0 Å². The maximum atomic E-state index is 12.3. The van der Waals surface area contributed by atoms with Gasteiger partial charge in [-0.05, 0) is 37.5 Å². The van der Waals surface area contributed by atoms with Crippen molar-refractivity contribution >= 4 is 17.7 Å². The third-order valence-electron chi connectivity index (χ3n) is 3.81. The highest BCUT2D eigenvalue weighted by atomic mass is 32.2. The van der Waals surface area contributed by atoms with Gasteiger partial charge in [-0.1, -0.05) is 6.92 Å². The van der Waals surface area contributed by atoms with Crippen molar-refractivity contribution < 1.29 is 4.79 Å². The van der Waals surface area contributed by atoms with Crippen molar-refractivity contribution in [2.45, 2.75) is 45.7 Å². The zero-order chi connectivity index (χ0) is 12.5. The summed E-state index contributed by atoms with van der Waals surface area (Å²) < 4.78 is 2.39. The Kier molecular flexibility index (Phi) is 3.37. The summed E-state index contributed by atoms with van der Waals surface area (Å²) in [4.78, 5) is 14.3. The van der Waals surface area contributed by atoms with Gasteiger partial charge in [0.25, 0.3) is 5.91 Å². The normalized spacial score (nSPS) is 18.1. The first kappa shape index (κ1) is 12.2. The molecule has 3 nitrogen and oxygen atoms in total. The molecule has 0 aromatic carbocycles. The van der Waals surface area contributed by atoms with Crippen LogP contribution in [0.2, 0.25) is 0 Å². The molecule has 2 aliphatic heterocycles. The molecule has 3 rings (SSSR count). The molecule has 1 aromatic rings. The highest BCUT2D eigenvalue weighted by molar-refractivity contribution is 7.99.